The molecule has 0 radical (unpaired) electrons. The smallest absolute Gasteiger partial charge is 0.119 e. The second-order valence-corrected chi connectivity index (χ2v) is 3.37. The Morgan fingerprint density at radius 3 is 2.18 bits per heavy atom. The van der Waals surface area contributed by atoms with Crippen LogP contribution in [0.2, 0.25) is 0 Å². The minimum Gasteiger partial charge on any atom is -0.494 e. The summed E-state index contributed by atoms with van der Waals surface area (Å²) >= 11 is 0. The summed E-state index contributed by atoms with van der Waals surface area (Å²) in [6, 6.07) is 8.12. The monoisotopic (exact) mass is 239 g/mol. The molecular weight excluding hydrogens is 210 g/mol. The lowest BCUT2D eigenvalue weighted by Gasteiger charge is -2.03. The van der Waals surface area contributed by atoms with Crippen molar-refractivity contribution in [2.75, 3.05) is 20.2 Å². The molecule has 0 aliphatic carbocycles. The highest BCUT2D eigenvalue weighted by molar-refractivity contribution is 5.27. The molecule has 100 valence electrons. The van der Waals surface area contributed by atoms with Crippen LogP contribution in [0.4, 0.5) is 0 Å². The molecule has 0 saturated carbocycles. The quantitative estimate of drug-likeness (QED) is 0.856. The van der Waals surface area contributed by atoms with Crippen molar-refractivity contribution in [2.45, 2.75) is 41.0 Å². The van der Waals surface area contributed by atoms with E-state index in [0.29, 0.717) is 0 Å². The molecule has 0 amide bonds. The summed E-state index contributed by atoms with van der Waals surface area (Å²) in [7, 11) is 1.93. The van der Waals surface area contributed by atoms with E-state index in [-0.39, 0.29) is 0 Å². The molecule has 0 aromatic heterocycles. The second-order valence-electron chi connectivity index (χ2n) is 3.37. The molecule has 0 unspecified atom stereocenters. The molecule has 0 aliphatic rings. The van der Waals surface area contributed by atoms with Crippen molar-refractivity contribution in [2.24, 2.45) is 0 Å². The fourth-order valence-corrected chi connectivity index (χ4v) is 0.925. The maximum absolute atomic E-state index is 5.44. The molecule has 1 rings (SSSR count). The van der Waals surface area contributed by atoms with E-state index in [4.69, 9.17) is 4.74 Å². The van der Waals surface area contributed by atoms with E-state index in [2.05, 4.69) is 38.2 Å². The zero-order valence-electron chi connectivity index (χ0n) is 12.3. The first-order valence-corrected chi connectivity index (χ1v) is 6.58. The van der Waals surface area contributed by atoms with Gasteiger partial charge in [-0.2, -0.15) is 0 Å². The van der Waals surface area contributed by atoms with Gasteiger partial charge in [0.2, 0.25) is 0 Å². The standard InChI is InChI=1S/C10H14O.C3H9N.C2H6/c1-3-7-11-10-6-4-5-9(2)8-10;1-3-4-2;1-2/h4-6,8H,3,7H2,1-2H3;4H,3H2,1-2H3;1-2H3. The number of hydrogen-bond donors (Lipinski definition) is 1. The molecule has 0 bridgehead atoms. The Morgan fingerprint density at radius 2 is 1.76 bits per heavy atom. The minimum atomic E-state index is 0.809. The molecule has 1 aromatic carbocycles. The van der Waals surface area contributed by atoms with Gasteiger partial charge in [-0.1, -0.05) is 39.8 Å². The van der Waals surface area contributed by atoms with Crippen LogP contribution in [-0.2, 0) is 0 Å². The van der Waals surface area contributed by atoms with E-state index in [1.165, 1.54) is 5.56 Å². The molecule has 2 nitrogen and oxygen atoms in total. The first-order chi connectivity index (χ1) is 8.24. The normalized spacial score (nSPS) is 8.35. The number of ether oxygens (including phenoxy) is 1. The fourth-order valence-electron chi connectivity index (χ4n) is 0.925. The third-order valence-electron chi connectivity index (χ3n) is 1.82. The van der Waals surface area contributed by atoms with Crippen molar-refractivity contribution in [3.05, 3.63) is 29.8 Å². The van der Waals surface area contributed by atoms with Crippen LogP contribution < -0.4 is 10.1 Å². The number of benzene rings is 1. The molecule has 0 saturated heterocycles. The van der Waals surface area contributed by atoms with Crippen LogP contribution >= 0.6 is 0 Å². The zero-order valence-corrected chi connectivity index (χ0v) is 12.3. The lowest BCUT2D eigenvalue weighted by Crippen LogP contribution is -2.01. The highest BCUT2D eigenvalue weighted by Crippen LogP contribution is 2.11. The largest absolute Gasteiger partial charge is 0.494 e. The Balaban J connectivity index is 0. The van der Waals surface area contributed by atoms with Crippen LogP contribution in [0.25, 0.3) is 0 Å². The summed E-state index contributed by atoms with van der Waals surface area (Å²) in [5, 5.41) is 2.93. The van der Waals surface area contributed by atoms with E-state index < -0.39 is 0 Å². The Labute approximate surface area is 107 Å². The molecule has 0 heterocycles. The van der Waals surface area contributed by atoms with Crippen molar-refractivity contribution in [3.63, 3.8) is 0 Å². The second kappa shape index (κ2) is 15.0. The highest BCUT2D eigenvalue weighted by Gasteiger charge is 1.90. The highest BCUT2D eigenvalue weighted by atomic mass is 16.5. The van der Waals surface area contributed by atoms with Gasteiger partial charge in [0.15, 0.2) is 0 Å². The van der Waals surface area contributed by atoms with Crippen LogP contribution in [0.5, 0.6) is 5.75 Å². The van der Waals surface area contributed by atoms with Crippen molar-refractivity contribution in [3.8, 4) is 5.75 Å². The summed E-state index contributed by atoms with van der Waals surface area (Å²) in [5.41, 5.74) is 1.25. The molecule has 2 heteroatoms. The van der Waals surface area contributed by atoms with Gasteiger partial charge in [0.1, 0.15) is 5.75 Å². The van der Waals surface area contributed by atoms with Crippen molar-refractivity contribution in [1.29, 1.82) is 0 Å². The average Bonchev–Trinajstić information content (AvgIpc) is 2.39. The summed E-state index contributed by atoms with van der Waals surface area (Å²) in [4.78, 5) is 0. The van der Waals surface area contributed by atoms with Crippen LogP contribution in [0, 0.1) is 6.92 Å². The van der Waals surface area contributed by atoms with Gasteiger partial charge in [-0.25, -0.2) is 0 Å². The predicted molar refractivity (Wildman–Crippen MR) is 77.9 cm³/mol. The summed E-state index contributed by atoms with van der Waals surface area (Å²) < 4.78 is 5.44. The molecule has 0 aliphatic heterocycles. The SMILES string of the molecule is CC.CCCOc1cccc(C)c1.CCNC. The third kappa shape index (κ3) is 12.9. The Hall–Kier alpha value is -1.02. The van der Waals surface area contributed by atoms with Crippen molar-refractivity contribution < 1.29 is 4.74 Å². The van der Waals surface area contributed by atoms with Gasteiger partial charge in [0.25, 0.3) is 0 Å². The number of hydrogen-bond acceptors (Lipinski definition) is 2. The van der Waals surface area contributed by atoms with Crippen LogP contribution in [0.3, 0.4) is 0 Å². The summed E-state index contributed by atoms with van der Waals surface area (Å²) in [5.74, 6) is 0.979. The van der Waals surface area contributed by atoms with Crippen molar-refractivity contribution >= 4 is 0 Å². The van der Waals surface area contributed by atoms with Crippen LogP contribution in [0.15, 0.2) is 24.3 Å². The lowest BCUT2D eigenvalue weighted by molar-refractivity contribution is 0.317. The van der Waals surface area contributed by atoms with E-state index >= 15 is 0 Å². The Kier molecular flexibility index (Phi) is 16.2. The van der Waals surface area contributed by atoms with Crippen LogP contribution in [0.1, 0.15) is 39.7 Å². The topological polar surface area (TPSA) is 21.3 Å². The summed E-state index contributed by atoms with van der Waals surface area (Å²) in [6.07, 6.45) is 1.06. The van der Waals surface area contributed by atoms with Gasteiger partial charge < -0.3 is 10.1 Å². The van der Waals surface area contributed by atoms with Gasteiger partial charge in [0.05, 0.1) is 6.61 Å². The maximum Gasteiger partial charge on any atom is 0.119 e. The van der Waals surface area contributed by atoms with Gasteiger partial charge in [-0.3, -0.25) is 0 Å². The van der Waals surface area contributed by atoms with Crippen LogP contribution in [-0.4, -0.2) is 20.2 Å². The van der Waals surface area contributed by atoms with Gasteiger partial charge in [-0.05, 0) is 44.6 Å². The van der Waals surface area contributed by atoms with E-state index in [1.807, 2.05) is 33.0 Å². The number of rotatable bonds is 4. The number of nitrogens with one attached hydrogen (secondary N) is 1. The molecule has 17 heavy (non-hydrogen) atoms. The first-order valence-electron chi connectivity index (χ1n) is 6.58. The van der Waals surface area contributed by atoms with Crippen molar-refractivity contribution in [1.82, 2.24) is 5.32 Å². The number of aryl methyl sites for hydroxylation is 1. The minimum absolute atomic E-state index is 0.809. The van der Waals surface area contributed by atoms with E-state index in [0.717, 1.165) is 25.3 Å². The van der Waals surface area contributed by atoms with E-state index in [9.17, 15) is 0 Å². The average molecular weight is 239 g/mol. The molecule has 1 aromatic rings. The summed E-state index contributed by atoms with van der Waals surface area (Å²) in [6.45, 7) is 12.1. The van der Waals surface area contributed by atoms with Gasteiger partial charge in [-0.15, -0.1) is 0 Å². The Morgan fingerprint density at radius 1 is 1.18 bits per heavy atom. The molecule has 0 spiro atoms. The first kappa shape index (κ1) is 18.3. The predicted octanol–water partition coefficient (Wildman–Crippen LogP) is 4.04. The van der Waals surface area contributed by atoms with Gasteiger partial charge >= 0.3 is 0 Å². The molecule has 0 atom stereocenters. The van der Waals surface area contributed by atoms with Gasteiger partial charge in [0, 0.05) is 0 Å². The third-order valence-corrected chi connectivity index (χ3v) is 1.82. The molecule has 1 N–H and O–H groups in total. The Bertz CT molecular complexity index is 246. The fraction of sp³-hybridized carbons (Fsp3) is 0.600. The lowest BCUT2D eigenvalue weighted by atomic mass is 10.2. The zero-order chi connectivity index (χ0) is 13.5. The van der Waals surface area contributed by atoms with E-state index in [1.54, 1.807) is 0 Å². The molecule has 0 fully saturated rings. The maximum atomic E-state index is 5.44. The molecular formula is C15H29NO.